The second kappa shape index (κ2) is 8.23. The fraction of sp³-hybridized carbons (Fsp3) is 0.500. The molecule has 160 valence electrons. The Bertz CT molecular complexity index is 969. The normalized spacial score (nSPS) is 14.8. The second-order valence-corrected chi connectivity index (χ2v) is 8.45. The molecule has 0 bridgehead atoms. The van der Waals surface area contributed by atoms with Gasteiger partial charge in [0.05, 0.1) is 14.2 Å². The van der Waals surface area contributed by atoms with Gasteiger partial charge in [0, 0.05) is 30.8 Å². The maximum atomic E-state index is 12.9. The van der Waals surface area contributed by atoms with Crippen LogP contribution < -0.4 is 14.2 Å². The lowest BCUT2D eigenvalue weighted by Gasteiger charge is -2.12. The maximum Gasteiger partial charge on any atom is 0.435 e. The average Bonchev–Trinajstić information content (AvgIpc) is 3.42. The predicted molar refractivity (Wildman–Crippen MR) is 98.6 cm³/mol. The summed E-state index contributed by atoms with van der Waals surface area (Å²) in [6, 6.07) is 5.49. The molecule has 1 fully saturated rings. The Morgan fingerprint density at radius 2 is 1.93 bits per heavy atom. The first-order chi connectivity index (χ1) is 13.7. The van der Waals surface area contributed by atoms with Crippen molar-refractivity contribution in [2.24, 2.45) is 0 Å². The molecule has 3 rings (SSSR count). The fourth-order valence-corrected chi connectivity index (χ4v) is 4.22. The Hall–Kier alpha value is -2.27. The third kappa shape index (κ3) is 5.02. The van der Waals surface area contributed by atoms with Gasteiger partial charge in [0.15, 0.2) is 5.69 Å². The highest BCUT2D eigenvalue weighted by atomic mass is 32.2. The van der Waals surface area contributed by atoms with Gasteiger partial charge in [0.2, 0.25) is 10.0 Å². The Morgan fingerprint density at radius 1 is 1.21 bits per heavy atom. The number of hydrogen-bond donors (Lipinski definition) is 1. The van der Waals surface area contributed by atoms with E-state index in [1.54, 1.807) is 6.07 Å². The molecule has 11 heteroatoms. The SMILES string of the molecule is COc1ccc(OC)c(S(=O)(=O)NCCCn2nc(C(F)(F)F)cc2C2CC2)c1. The zero-order valence-electron chi connectivity index (χ0n) is 16.0. The number of nitrogens with one attached hydrogen (secondary N) is 1. The summed E-state index contributed by atoms with van der Waals surface area (Å²) in [4.78, 5) is -0.0727. The number of halogens is 3. The van der Waals surface area contributed by atoms with Crippen LogP contribution in [-0.4, -0.2) is 39.0 Å². The van der Waals surface area contributed by atoms with E-state index in [0.717, 1.165) is 18.9 Å². The smallest absolute Gasteiger partial charge is 0.435 e. The summed E-state index contributed by atoms with van der Waals surface area (Å²) in [5.74, 6) is 0.615. The third-order valence-electron chi connectivity index (χ3n) is 4.60. The number of methoxy groups -OCH3 is 2. The van der Waals surface area contributed by atoms with Crippen molar-refractivity contribution in [2.75, 3.05) is 20.8 Å². The highest BCUT2D eigenvalue weighted by molar-refractivity contribution is 7.89. The van der Waals surface area contributed by atoms with E-state index in [2.05, 4.69) is 9.82 Å². The molecule has 1 heterocycles. The highest BCUT2D eigenvalue weighted by Gasteiger charge is 2.37. The number of hydrogen-bond acceptors (Lipinski definition) is 5. The summed E-state index contributed by atoms with van der Waals surface area (Å²) >= 11 is 0. The molecule has 1 aliphatic carbocycles. The van der Waals surface area contributed by atoms with Gasteiger partial charge in [0.25, 0.3) is 0 Å². The van der Waals surface area contributed by atoms with E-state index >= 15 is 0 Å². The molecule has 0 saturated heterocycles. The van der Waals surface area contributed by atoms with Gasteiger partial charge < -0.3 is 9.47 Å². The van der Waals surface area contributed by atoms with E-state index < -0.39 is 21.9 Å². The standard InChI is InChI=1S/C18H22F3N3O4S/c1-27-13-6-7-15(28-2)16(10-13)29(25,26)22-8-3-9-24-14(12-4-5-12)11-17(23-24)18(19,20)21/h6-7,10-12,22H,3-5,8-9H2,1-2H3. The first kappa shape index (κ1) is 21.4. The largest absolute Gasteiger partial charge is 0.497 e. The molecule has 0 amide bonds. The van der Waals surface area contributed by atoms with Crippen LogP contribution in [-0.2, 0) is 22.7 Å². The van der Waals surface area contributed by atoms with E-state index in [1.165, 1.54) is 31.0 Å². The van der Waals surface area contributed by atoms with Gasteiger partial charge in [-0.1, -0.05) is 0 Å². The summed E-state index contributed by atoms with van der Waals surface area (Å²) < 4.78 is 77.9. The molecule has 0 unspecified atom stereocenters. The van der Waals surface area contributed by atoms with Gasteiger partial charge in [-0.3, -0.25) is 4.68 Å². The molecule has 1 N–H and O–H groups in total. The molecular weight excluding hydrogens is 411 g/mol. The Labute approximate surface area is 166 Å². The Balaban J connectivity index is 1.66. The summed E-state index contributed by atoms with van der Waals surface area (Å²) in [5, 5.41) is 3.66. The van der Waals surface area contributed by atoms with Crippen molar-refractivity contribution in [3.63, 3.8) is 0 Å². The first-order valence-electron chi connectivity index (χ1n) is 9.02. The van der Waals surface area contributed by atoms with Crippen LogP contribution in [0.4, 0.5) is 13.2 Å². The lowest BCUT2D eigenvalue weighted by Crippen LogP contribution is -2.26. The number of nitrogens with zero attached hydrogens (tertiary/aromatic N) is 2. The van der Waals surface area contributed by atoms with E-state index in [1.807, 2.05) is 0 Å². The molecule has 7 nitrogen and oxygen atoms in total. The zero-order valence-corrected chi connectivity index (χ0v) is 16.8. The number of benzene rings is 1. The topological polar surface area (TPSA) is 82.5 Å². The molecule has 0 spiro atoms. The quantitative estimate of drug-likeness (QED) is 0.615. The molecule has 0 radical (unpaired) electrons. The third-order valence-corrected chi connectivity index (χ3v) is 6.08. The molecule has 29 heavy (non-hydrogen) atoms. The molecular formula is C18H22F3N3O4S. The van der Waals surface area contributed by atoms with E-state index in [-0.39, 0.29) is 36.1 Å². The van der Waals surface area contributed by atoms with Crippen LogP contribution in [0.25, 0.3) is 0 Å². The second-order valence-electron chi connectivity index (χ2n) is 6.72. The maximum absolute atomic E-state index is 12.9. The highest BCUT2D eigenvalue weighted by Crippen LogP contribution is 2.42. The number of sulfonamides is 1. The monoisotopic (exact) mass is 433 g/mol. The van der Waals surface area contributed by atoms with Gasteiger partial charge in [-0.2, -0.15) is 18.3 Å². The van der Waals surface area contributed by atoms with Crippen LogP contribution in [0.5, 0.6) is 11.5 Å². The van der Waals surface area contributed by atoms with Gasteiger partial charge in [0.1, 0.15) is 16.4 Å². The van der Waals surface area contributed by atoms with Gasteiger partial charge in [-0.05, 0) is 37.5 Å². The van der Waals surface area contributed by atoms with E-state index in [4.69, 9.17) is 9.47 Å². The number of aryl methyl sites for hydroxylation is 1. The van der Waals surface area contributed by atoms with E-state index in [0.29, 0.717) is 11.4 Å². The Morgan fingerprint density at radius 3 is 2.52 bits per heavy atom. The molecule has 1 saturated carbocycles. The minimum Gasteiger partial charge on any atom is -0.497 e. The van der Waals surface area contributed by atoms with Crippen molar-refractivity contribution < 1.29 is 31.1 Å². The summed E-state index contributed by atoms with van der Waals surface area (Å²) in [7, 11) is -1.11. The van der Waals surface area contributed by atoms with Gasteiger partial charge in [-0.25, -0.2) is 13.1 Å². The van der Waals surface area contributed by atoms with Gasteiger partial charge in [-0.15, -0.1) is 0 Å². The minimum atomic E-state index is -4.50. The van der Waals surface area contributed by atoms with Crippen molar-refractivity contribution in [2.45, 2.75) is 42.8 Å². The van der Waals surface area contributed by atoms with E-state index in [9.17, 15) is 21.6 Å². The number of ether oxygens (including phenoxy) is 2. The van der Waals surface area contributed by atoms with Gasteiger partial charge >= 0.3 is 6.18 Å². The van der Waals surface area contributed by atoms with Crippen molar-refractivity contribution in [1.82, 2.24) is 14.5 Å². The Kier molecular flexibility index (Phi) is 6.08. The molecule has 0 aliphatic heterocycles. The van der Waals surface area contributed by atoms with Crippen LogP contribution in [0.15, 0.2) is 29.2 Å². The summed E-state index contributed by atoms with van der Waals surface area (Å²) in [6.07, 6.45) is -2.54. The van der Waals surface area contributed by atoms with Crippen molar-refractivity contribution >= 4 is 10.0 Å². The summed E-state index contributed by atoms with van der Waals surface area (Å²) in [5.41, 5.74) is -0.365. The number of aromatic nitrogens is 2. The number of alkyl halides is 3. The molecule has 1 aromatic carbocycles. The number of rotatable bonds is 9. The van der Waals surface area contributed by atoms with Crippen LogP contribution >= 0.6 is 0 Å². The van der Waals surface area contributed by atoms with Crippen molar-refractivity contribution in [3.8, 4) is 11.5 Å². The van der Waals surface area contributed by atoms with Crippen molar-refractivity contribution in [1.29, 1.82) is 0 Å². The minimum absolute atomic E-state index is 0.0357. The first-order valence-corrected chi connectivity index (χ1v) is 10.5. The molecule has 1 aliphatic rings. The van der Waals surface area contributed by atoms with Crippen molar-refractivity contribution in [3.05, 3.63) is 35.7 Å². The fourth-order valence-electron chi connectivity index (χ4n) is 2.96. The molecule has 1 aromatic heterocycles. The molecule has 2 aromatic rings. The average molecular weight is 433 g/mol. The van der Waals surface area contributed by atoms with Crippen LogP contribution in [0.1, 0.15) is 36.6 Å². The van der Waals surface area contributed by atoms with Crippen LogP contribution in [0.2, 0.25) is 0 Å². The van der Waals surface area contributed by atoms with Crippen LogP contribution in [0.3, 0.4) is 0 Å². The zero-order chi connectivity index (χ0) is 21.2. The predicted octanol–water partition coefficient (Wildman–Crippen LogP) is 3.17. The van der Waals surface area contributed by atoms with Crippen LogP contribution in [0, 0.1) is 0 Å². The summed E-state index contributed by atoms with van der Waals surface area (Å²) in [6.45, 7) is 0.216. The molecule has 0 atom stereocenters. The lowest BCUT2D eigenvalue weighted by molar-refractivity contribution is -0.141. The lowest BCUT2D eigenvalue weighted by atomic mass is 10.2.